The zero-order chi connectivity index (χ0) is 27.1. The summed E-state index contributed by atoms with van der Waals surface area (Å²) in [7, 11) is -3.16. The Morgan fingerprint density at radius 3 is 2.31 bits per heavy atom. The lowest BCUT2D eigenvalue weighted by Gasteiger charge is -2.19. The molecule has 0 fully saturated rings. The molecule has 0 heterocycles. The molecule has 0 spiro atoms. The lowest BCUT2D eigenvalue weighted by atomic mass is 10.0. The van der Waals surface area contributed by atoms with E-state index >= 15 is 0 Å². The molecule has 2 amide bonds. The van der Waals surface area contributed by atoms with Crippen molar-refractivity contribution >= 4 is 33.4 Å². The number of carbonyl (C=O) groups is 2. The summed E-state index contributed by atoms with van der Waals surface area (Å²) in [5.74, 6) is -1.58. The van der Waals surface area contributed by atoms with Crippen LogP contribution in [0.4, 0.5) is 18.9 Å². The Bertz CT molecular complexity index is 1220. The summed E-state index contributed by atoms with van der Waals surface area (Å²) in [6.07, 6.45) is -5.59. The maximum absolute atomic E-state index is 13.6. The first kappa shape index (κ1) is 28.7. The Morgan fingerprint density at radius 1 is 1.11 bits per heavy atom. The van der Waals surface area contributed by atoms with Gasteiger partial charge in [-0.2, -0.15) is 13.2 Å². The highest BCUT2D eigenvalue weighted by atomic mass is 32.2. The van der Waals surface area contributed by atoms with Gasteiger partial charge in [-0.1, -0.05) is 6.07 Å². The van der Waals surface area contributed by atoms with Crippen LogP contribution in [0.3, 0.4) is 0 Å². The van der Waals surface area contributed by atoms with Crippen molar-refractivity contribution in [3.63, 3.8) is 0 Å². The summed E-state index contributed by atoms with van der Waals surface area (Å²) in [6, 6.07) is 7.66. The lowest BCUT2D eigenvalue weighted by molar-refractivity contribution is -0.140. The highest BCUT2D eigenvalue weighted by molar-refractivity contribution is 7.89. The van der Waals surface area contributed by atoms with E-state index in [-0.39, 0.29) is 24.6 Å². The zero-order valence-corrected chi connectivity index (χ0v) is 20.2. The average Bonchev–Trinajstić information content (AvgIpc) is 2.78. The third-order valence-electron chi connectivity index (χ3n) is 4.88. The van der Waals surface area contributed by atoms with Crippen LogP contribution < -0.4 is 21.1 Å². The molecule has 2 rings (SSSR count). The number of ether oxygens (including phenoxy) is 1. The largest absolute Gasteiger partial charge is 0.417 e. The van der Waals surface area contributed by atoms with Crippen LogP contribution in [-0.4, -0.2) is 46.3 Å². The normalized spacial score (nSPS) is 12.6. The minimum absolute atomic E-state index is 0.00764. The molecule has 0 bridgehead atoms. The molecule has 2 aromatic carbocycles. The molecule has 14 heteroatoms. The van der Waals surface area contributed by atoms with Crippen LogP contribution in [0, 0.1) is 5.41 Å². The van der Waals surface area contributed by atoms with Gasteiger partial charge in [-0.3, -0.25) is 15.0 Å². The predicted octanol–water partition coefficient (Wildman–Crippen LogP) is 2.12. The number of nitrogens with one attached hydrogen (secondary N) is 4. The summed E-state index contributed by atoms with van der Waals surface area (Å²) in [4.78, 5) is 23.5. The van der Waals surface area contributed by atoms with Gasteiger partial charge in [-0.05, 0) is 48.9 Å². The highest BCUT2D eigenvalue weighted by Gasteiger charge is 2.37. The number of halogens is 3. The van der Waals surface area contributed by atoms with Crippen LogP contribution in [0.2, 0.25) is 0 Å². The molecule has 0 saturated carbocycles. The van der Waals surface area contributed by atoms with E-state index in [0.29, 0.717) is 17.3 Å². The van der Waals surface area contributed by atoms with Crippen molar-refractivity contribution in [2.75, 3.05) is 25.6 Å². The van der Waals surface area contributed by atoms with E-state index in [9.17, 15) is 31.2 Å². The lowest BCUT2D eigenvalue weighted by Crippen LogP contribution is -2.31. The van der Waals surface area contributed by atoms with Crippen molar-refractivity contribution in [2.24, 2.45) is 5.73 Å². The number of nitrogens with two attached hydrogens (primary N) is 1. The molecular formula is C22H26F3N5O5S. The van der Waals surface area contributed by atoms with Gasteiger partial charge in [0.15, 0.2) is 0 Å². The summed E-state index contributed by atoms with van der Waals surface area (Å²) in [5, 5.41) is 12.2. The zero-order valence-electron chi connectivity index (χ0n) is 19.4. The van der Waals surface area contributed by atoms with E-state index in [0.717, 1.165) is 12.1 Å². The standard InChI is InChI=1S/C22H26F3N5O5S/c1-13(29-19(31)12-20(32)30-16-6-3-14(4-7-16)21(26)27)15-5-8-18(17(11-15)22(23,24)25)36(33,34)28-9-10-35-2/h3-8,11,13,28H,9-10,12H2,1-2H3,(H3,26,27)(H,29,31)(H,30,32). The van der Waals surface area contributed by atoms with Crippen LogP contribution in [0.15, 0.2) is 47.4 Å². The second-order valence-corrected chi connectivity index (χ2v) is 9.38. The van der Waals surface area contributed by atoms with Crippen molar-refractivity contribution in [2.45, 2.75) is 30.5 Å². The summed E-state index contributed by atoms with van der Waals surface area (Å²) in [6.45, 7) is 1.16. The van der Waals surface area contributed by atoms with E-state index in [1.165, 1.54) is 38.3 Å². The molecule has 0 aliphatic carbocycles. The number of anilines is 1. The molecule has 196 valence electrons. The van der Waals surface area contributed by atoms with Gasteiger partial charge in [0.25, 0.3) is 0 Å². The Labute approximate surface area is 206 Å². The molecular weight excluding hydrogens is 503 g/mol. The Balaban J connectivity index is 2.10. The molecule has 0 saturated heterocycles. The van der Waals surface area contributed by atoms with Crippen LogP contribution >= 0.6 is 0 Å². The number of rotatable bonds is 11. The second-order valence-electron chi connectivity index (χ2n) is 7.65. The van der Waals surface area contributed by atoms with Crippen LogP contribution in [0.5, 0.6) is 0 Å². The van der Waals surface area contributed by atoms with E-state index < -0.39 is 50.9 Å². The molecule has 0 radical (unpaired) electrons. The summed E-state index contributed by atoms with van der Waals surface area (Å²) in [5.41, 5.74) is 4.76. The quantitative estimate of drug-likeness (QED) is 0.130. The highest BCUT2D eigenvalue weighted by Crippen LogP contribution is 2.35. The van der Waals surface area contributed by atoms with Gasteiger partial charge in [-0.15, -0.1) is 0 Å². The first-order chi connectivity index (χ1) is 16.7. The third-order valence-corrected chi connectivity index (χ3v) is 6.39. The smallest absolute Gasteiger partial charge is 0.384 e. The molecule has 2 aromatic rings. The number of methoxy groups -OCH3 is 1. The molecule has 1 unspecified atom stereocenters. The van der Waals surface area contributed by atoms with E-state index in [1.54, 1.807) is 0 Å². The summed E-state index contributed by atoms with van der Waals surface area (Å²) >= 11 is 0. The van der Waals surface area contributed by atoms with E-state index in [4.69, 9.17) is 15.9 Å². The minimum Gasteiger partial charge on any atom is -0.384 e. The van der Waals surface area contributed by atoms with E-state index in [1.807, 2.05) is 4.72 Å². The molecule has 0 aliphatic rings. The molecule has 0 aliphatic heterocycles. The minimum atomic E-state index is -4.98. The van der Waals surface area contributed by atoms with Gasteiger partial charge < -0.3 is 21.1 Å². The van der Waals surface area contributed by atoms with Gasteiger partial charge in [0.1, 0.15) is 12.3 Å². The monoisotopic (exact) mass is 529 g/mol. The molecule has 10 nitrogen and oxygen atoms in total. The van der Waals surface area contributed by atoms with Gasteiger partial charge in [0.2, 0.25) is 21.8 Å². The first-order valence-electron chi connectivity index (χ1n) is 10.5. The van der Waals surface area contributed by atoms with Crippen molar-refractivity contribution < 1.29 is 35.9 Å². The molecule has 6 N–H and O–H groups in total. The van der Waals surface area contributed by atoms with E-state index in [2.05, 4.69) is 10.6 Å². The first-order valence-corrected chi connectivity index (χ1v) is 12.0. The maximum Gasteiger partial charge on any atom is 0.417 e. The van der Waals surface area contributed by atoms with Gasteiger partial charge in [0.05, 0.1) is 23.1 Å². The second kappa shape index (κ2) is 12.0. The Kier molecular flexibility index (Phi) is 9.55. The molecule has 0 aromatic heterocycles. The van der Waals surface area contributed by atoms with Crippen LogP contribution in [0.1, 0.15) is 36.1 Å². The van der Waals surface area contributed by atoms with Gasteiger partial charge in [-0.25, -0.2) is 13.1 Å². The molecule has 36 heavy (non-hydrogen) atoms. The third kappa shape index (κ3) is 8.03. The SMILES string of the molecule is COCCNS(=O)(=O)c1ccc(C(C)NC(=O)CC(=O)Nc2ccc(C(=N)N)cc2)cc1C(F)(F)F. The Hall–Kier alpha value is -3.49. The van der Waals surface area contributed by atoms with Crippen molar-refractivity contribution in [1.29, 1.82) is 5.41 Å². The topological polar surface area (TPSA) is 163 Å². The fraction of sp³-hybridized carbons (Fsp3) is 0.318. The summed E-state index contributed by atoms with van der Waals surface area (Å²) < 4.78 is 72.4. The fourth-order valence-corrected chi connectivity index (χ4v) is 4.31. The van der Waals surface area contributed by atoms with Gasteiger partial charge in [0, 0.05) is 24.9 Å². The van der Waals surface area contributed by atoms with Crippen LogP contribution in [0.25, 0.3) is 0 Å². The average molecular weight is 530 g/mol. The number of amides is 2. The Morgan fingerprint density at radius 2 is 1.75 bits per heavy atom. The number of carbonyl (C=O) groups excluding carboxylic acids is 2. The van der Waals surface area contributed by atoms with Crippen molar-refractivity contribution in [3.05, 3.63) is 59.2 Å². The number of hydrogen-bond donors (Lipinski definition) is 5. The number of nitrogen functional groups attached to an aromatic ring is 1. The number of amidine groups is 1. The van der Waals surface area contributed by atoms with Gasteiger partial charge >= 0.3 is 6.18 Å². The van der Waals surface area contributed by atoms with Crippen LogP contribution in [-0.2, 0) is 30.5 Å². The number of benzene rings is 2. The number of sulfonamides is 1. The number of hydrogen-bond acceptors (Lipinski definition) is 6. The molecule has 1 atom stereocenters. The number of alkyl halides is 3. The van der Waals surface area contributed by atoms with Crippen molar-refractivity contribution in [3.8, 4) is 0 Å². The fourth-order valence-electron chi connectivity index (χ4n) is 3.09. The predicted molar refractivity (Wildman–Crippen MR) is 126 cm³/mol. The maximum atomic E-state index is 13.6. The van der Waals surface area contributed by atoms with Crippen molar-refractivity contribution in [1.82, 2.24) is 10.0 Å².